The molecule has 0 saturated heterocycles. The van der Waals surface area contributed by atoms with Gasteiger partial charge in [-0.2, -0.15) is 0 Å². The molecule has 1 unspecified atom stereocenters. The van der Waals surface area contributed by atoms with Crippen molar-refractivity contribution in [3.63, 3.8) is 0 Å². The molecule has 0 aliphatic rings. The maximum atomic E-state index is 10.4. The minimum atomic E-state index is -2.58. The van der Waals surface area contributed by atoms with Crippen LogP contribution < -0.4 is 14.2 Å². The Balaban J connectivity index is 2.25. The van der Waals surface area contributed by atoms with Gasteiger partial charge in [-0.05, 0) is 61.4 Å². The number of aliphatic hydroxyl groups excluding tert-OH is 1. The summed E-state index contributed by atoms with van der Waals surface area (Å²) >= 11 is 0. The Bertz CT molecular complexity index is 1110. The maximum absolute atomic E-state index is 10.4. The third-order valence-electron chi connectivity index (χ3n) is 3.08. The fraction of sp³-hybridized carbons (Fsp3) is 0.429. The monoisotopic (exact) mass is 355 g/mol. The molecule has 4 heteroatoms. The molecule has 1 atom stereocenters. The molecular formula is C21H28O4. The predicted molar refractivity (Wildman–Crippen MR) is 99.8 cm³/mol. The zero-order chi connectivity index (χ0) is 27.7. The number of aliphatic hydroxyl groups is 1. The van der Waals surface area contributed by atoms with Gasteiger partial charge in [0.05, 0.1) is 29.9 Å². The van der Waals surface area contributed by atoms with E-state index in [0.717, 1.165) is 0 Å². The molecule has 0 heterocycles. The van der Waals surface area contributed by atoms with E-state index >= 15 is 0 Å². The quantitative estimate of drug-likeness (QED) is 0.695. The van der Waals surface area contributed by atoms with Crippen molar-refractivity contribution >= 4 is 0 Å². The molecular weight excluding hydrogens is 316 g/mol. The van der Waals surface area contributed by atoms with E-state index in [0.29, 0.717) is 0 Å². The molecule has 0 bridgehead atoms. The van der Waals surface area contributed by atoms with Crippen LogP contribution in [0.1, 0.15) is 45.4 Å². The van der Waals surface area contributed by atoms with Gasteiger partial charge in [-0.3, -0.25) is 0 Å². The molecule has 0 saturated carbocycles. The van der Waals surface area contributed by atoms with Crippen LogP contribution in [-0.2, 0) is 6.42 Å². The van der Waals surface area contributed by atoms with Gasteiger partial charge in [0.15, 0.2) is 11.5 Å². The van der Waals surface area contributed by atoms with E-state index in [1.54, 1.807) is 0 Å². The van der Waals surface area contributed by atoms with E-state index in [4.69, 9.17) is 29.3 Å². The van der Waals surface area contributed by atoms with Crippen LogP contribution in [0.3, 0.4) is 0 Å². The number of hydrogen-bond acceptors (Lipinski definition) is 4. The molecule has 0 spiro atoms. The first-order valence-electron chi connectivity index (χ1n) is 13.1. The Kier molecular flexibility index (Phi) is 3.56. The summed E-state index contributed by atoms with van der Waals surface area (Å²) in [6, 6.07) is -2.92. The molecule has 0 radical (unpaired) electrons. The Labute approximate surface area is 165 Å². The standard InChI is InChI=1S/C21H28O4/c1-16-7-6-10-19(13-16)25-15-18(22)9-5-4-8-17-11-12-20(23-2)21(14-17)24-3/h6-7,10-14,18,22H,4-5,8-9,15H2,1-3H3/i4D2,6D,7D,9D2,10D,11D,12D,13D,14D. The van der Waals surface area contributed by atoms with Crippen LogP contribution in [0.2, 0.25) is 0 Å². The van der Waals surface area contributed by atoms with E-state index in [1.807, 2.05) is 0 Å². The minimum Gasteiger partial charge on any atom is -0.493 e. The number of methoxy groups -OCH3 is 2. The summed E-state index contributed by atoms with van der Waals surface area (Å²) in [6.45, 7) is 0.647. The van der Waals surface area contributed by atoms with E-state index in [-0.39, 0.29) is 40.8 Å². The molecule has 0 amide bonds. The first kappa shape index (κ1) is 8.95. The van der Waals surface area contributed by atoms with E-state index in [2.05, 4.69) is 0 Å². The molecule has 2 aromatic rings. The Morgan fingerprint density at radius 1 is 1.12 bits per heavy atom. The van der Waals surface area contributed by atoms with Gasteiger partial charge >= 0.3 is 0 Å². The van der Waals surface area contributed by atoms with Crippen LogP contribution in [0.25, 0.3) is 0 Å². The number of hydrogen-bond donors (Lipinski definition) is 1. The Hall–Kier alpha value is -2.20. The van der Waals surface area contributed by atoms with Gasteiger partial charge in [-0.25, -0.2) is 0 Å². The Morgan fingerprint density at radius 2 is 1.92 bits per heavy atom. The lowest BCUT2D eigenvalue weighted by Crippen LogP contribution is -2.17. The summed E-state index contributed by atoms with van der Waals surface area (Å²) in [5.41, 5.74) is -0.100. The van der Waals surface area contributed by atoms with Crippen LogP contribution >= 0.6 is 0 Å². The lowest BCUT2D eigenvalue weighted by atomic mass is 10.0. The molecule has 4 nitrogen and oxygen atoms in total. The molecule has 0 aromatic heterocycles. The molecule has 2 rings (SSSR count). The predicted octanol–water partition coefficient (Wildman–Crippen LogP) is 4.16. The zero-order valence-corrected chi connectivity index (χ0v) is 14.4. The van der Waals surface area contributed by atoms with Crippen molar-refractivity contribution in [2.75, 3.05) is 20.8 Å². The smallest absolute Gasteiger partial charge is 0.160 e. The highest BCUT2D eigenvalue weighted by atomic mass is 16.5. The largest absolute Gasteiger partial charge is 0.493 e. The summed E-state index contributed by atoms with van der Waals surface area (Å²) in [5.74, 6) is -0.690. The van der Waals surface area contributed by atoms with E-state index in [9.17, 15) is 5.11 Å². The molecule has 0 fully saturated rings. The first-order valence-corrected chi connectivity index (χ1v) is 7.59. The van der Waals surface area contributed by atoms with Crippen molar-refractivity contribution in [2.45, 2.75) is 38.6 Å². The summed E-state index contributed by atoms with van der Waals surface area (Å²) in [6.07, 6.45) is -8.35. The molecule has 25 heavy (non-hydrogen) atoms. The van der Waals surface area contributed by atoms with Gasteiger partial charge in [0.25, 0.3) is 0 Å². The summed E-state index contributed by atoms with van der Waals surface area (Å²) in [5, 5.41) is 10.4. The third kappa shape index (κ3) is 6.31. The van der Waals surface area contributed by atoms with Crippen molar-refractivity contribution < 1.29 is 34.4 Å². The van der Waals surface area contributed by atoms with Crippen molar-refractivity contribution in [3.05, 3.63) is 53.4 Å². The molecule has 1 N–H and O–H groups in total. The summed E-state index contributed by atoms with van der Waals surface area (Å²) < 4.78 is 104. The SMILES string of the molecule is [2H]c1c([2H])c(C)c([2H])c(OCC(O)C([2H])([2H])CC([2H])([2H])Cc2c([2H])c([2H])c(OC)c(OC)c2[2H])c1[2H]. The van der Waals surface area contributed by atoms with Gasteiger partial charge in [0.1, 0.15) is 12.4 Å². The highest BCUT2D eigenvalue weighted by molar-refractivity contribution is 5.42. The fourth-order valence-corrected chi connectivity index (χ4v) is 1.88. The minimum absolute atomic E-state index is 0.0842. The number of ether oxygens (including phenoxy) is 3. The maximum Gasteiger partial charge on any atom is 0.160 e. The van der Waals surface area contributed by atoms with Gasteiger partial charge < -0.3 is 19.3 Å². The van der Waals surface area contributed by atoms with Crippen LogP contribution in [0.4, 0.5) is 0 Å². The van der Waals surface area contributed by atoms with Gasteiger partial charge in [-0.1, -0.05) is 24.5 Å². The summed E-state index contributed by atoms with van der Waals surface area (Å²) in [7, 11) is 2.48. The average molecular weight is 356 g/mol. The van der Waals surface area contributed by atoms with Gasteiger partial charge in [-0.15, -0.1) is 0 Å². The van der Waals surface area contributed by atoms with Crippen LogP contribution in [0.5, 0.6) is 17.2 Å². The lowest BCUT2D eigenvalue weighted by Gasteiger charge is -2.13. The Morgan fingerprint density at radius 3 is 2.68 bits per heavy atom. The normalized spacial score (nSPS) is 19.3. The molecule has 2 aromatic carbocycles. The third-order valence-corrected chi connectivity index (χ3v) is 3.08. The van der Waals surface area contributed by atoms with Crippen LogP contribution in [-0.4, -0.2) is 32.0 Å². The average Bonchev–Trinajstić information content (AvgIpc) is 2.80. The van der Waals surface area contributed by atoms with E-state index in [1.165, 1.54) is 21.1 Å². The first-order chi connectivity index (χ1) is 16.5. The van der Waals surface area contributed by atoms with Gasteiger partial charge in [0, 0.05) is 5.48 Å². The molecule has 0 aliphatic heterocycles. The van der Waals surface area contributed by atoms with Crippen LogP contribution in [0.15, 0.2) is 42.3 Å². The van der Waals surface area contributed by atoms with Crippen molar-refractivity contribution in [1.82, 2.24) is 0 Å². The fourth-order valence-electron chi connectivity index (χ4n) is 1.88. The second-order valence-electron chi connectivity index (χ2n) is 5.01. The zero-order valence-electron chi connectivity index (χ0n) is 25.4. The topological polar surface area (TPSA) is 47.9 Å². The highest BCUT2D eigenvalue weighted by Gasteiger charge is 2.07. The van der Waals surface area contributed by atoms with Gasteiger partial charge in [0.2, 0.25) is 0 Å². The number of benzene rings is 2. The second kappa shape index (κ2) is 9.94. The second-order valence-corrected chi connectivity index (χ2v) is 5.01. The molecule has 0 aliphatic carbocycles. The number of rotatable bonds is 10. The van der Waals surface area contributed by atoms with Crippen molar-refractivity contribution in [1.29, 1.82) is 0 Å². The highest BCUT2D eigenvalue weighted by Crippen LogP contribution is 2.28. The molecule has 136 valence electrons. The van der Waals surface area contributed by atoms with Crippen molar-refractivity contribution in [3.8, 4) is 17.2 Å². The lowest BCUT2D eigenvalue weighted by molar-refractivity contribution is 0.0976. The van der Waals surface area contributed by atoms with E-state index < -0.39 is 68.2 Å². The van der Waals surface area contributed by atoms with Crippen LogP contribution in [0, 0.1) is 6.92 Å². The summed E-state index contributed by atoms with van der Waals surface area (Å²) in [4.78, 5) is 0. The van der Waals surface area contributed by atoms with Crippen molar-refractivity contribution in [2.24, 2.45) is 0 Å².